The largest absolute Gasteiger partial charge is 0.507 e. The molecule has 2 aliphatic rings. The van der Waals surface area contributed by atoms with Crippen LogP contribution in [0, 0.1) is 0 Å². The normalized spacial score (nSPS) is 20.9. The van der Waals surface area contributed by atoms with Gasteiger partial charge >= 0.3 is 0 Å². The van der Waals surface area contributed by atoms with Crippen molar-refractivity contribution in [2.24, 2.45) is 0 Å². The third kappa shape index (κ3) is 3.49. The number of aliphatic hydroxyl groups is 1. The van der Waals surface area contributed by atoms with Crippen LogP contribution in [0.5, 0.6) is 5.75 Å². The Morgan fingerprint density at radius 3 is 2.69 bits per heavy atom. The summed E-state index contributed by atoms with van der Waals surface area (Å²) in [5.74, 6) is -0.236. The summed E-state index contributed by atoms with van der Waals surface area (Å²) in [6.07, 6.45) is 2.31. The van der Waals surface area contributed by atoms with Gasteiger partial charge < -0.3 is 19.2 Å². The first-order valence-corrected chi connectivity index (χ1v) is 11.6. The molecule has 6 rings (SSSR count). The molecule has 1 saturated heterocycles. The monoisotopic (exact) mass is 465 g/mol. The molecule has 0 aliphatic carbocycles. The maximum atomic E-state index is 13.4. The molecule has 0 bridgehead atoms. The van der Waals surface area contributed by atoms with Crippen LogP contribution in [-0.4, -0.2) is 27.8 Å². The average Bonchev–Trinajstić information content (AvgIpc) is 3.57. The fraction of sp³-hybridized carbons (Fsp3) is 0.172. The van der Waals surface area contributed by atoms with Crippen molar-refractivity contribution in [2.75, 3.05) is 0 Å². The van der Waals surface area contributed by atoms with E-state index in [9.17, 15) is 14.7 Å². The van der Waals surface area contributed by atoms with Crippen LogP contribution in [0.3, 0.4) is 0 Å². The molecule has 1 fully saturated rings. The van der Waals surface area contributed by atoms with Crippen molar-refractivity contribution in [3.63, 3.8) is 0 Å². The van der Waals surface area contributed by atoms with Gasteiger partial charge in [-0.05, 0) is 59.2 Å². The molecule has 6 heteroatoms. The summed E-state index contributed by atoms with van der Waals surface area (Å²) in [7, 11) is 0. The molecular weight excluding hydrogens is 442 g/mol. The highest BCUT2D eigenvalue weighted by Gasteiger charge is 2.47. The summed E-state index contributed by atoms with van der Waals surface area (Å²) < 4.78 is 11.3. The first-order valence-electron chi connectivity index (χ1n) is 11.6. The van der Waals surface area contributed by atoms with E-state index in [4.69, 9.17) is 9.15 Å². The summed E-state index contributed by atoms with van der Waals surface area (Å²) in [6, 6.07) is 21.7. The fourth-order valence-corrected chi connectivity index (χ4v) is 5.15. The third-order valence-corrected chi connectivity index (χ3v) is 6.73. The molecule has 2 unspecified atom stereocenters. The molecular formula is C29H23NO5. The molecule has 0 saturated carbocycles. The van der Waals surface area contributed by atoms with Crippen LogP contribution in [0.25, 0.3) is 16.5 Å². The van der Waals surface area contributed by atoms with Crippen molar-refractivity contribution in [2.45, 2.75) is 32.0 Å². The van der Waals surface area contributed by atoms with E-state index in [0.717, 1.165) is 34.1 Å². The van der Waals surface area contributed by atoms with Crippen molar-refractivity contribution < 1.29 is 23.8 Å². The number of hydrogen-bond acceptors (Lipinski definition) is 5. The average molecular weight is 466 g/mol. The number of carbonyl (C=O) groups excluding carboxylic acids is 2. The molecule has 4 aromatic rings. The van der Waals surface area contributed by atoms with Crippen LogP contribution in [0.2, 0.25) is 0 Å². The van der Waals surface area contributed by atoms with Crippen LogP contribution < -0.4 is 4.74 Å². The van der Waals surface area contributed by atoms with E-state index in [1.807, 2.05) is 55.5 Å². The van der Waals surface area contributed by atoms with Crippen molar-refractivity contribution >= 4 is 28.2 Å². The second-order valence-corrected chi connectivity index (χ2v) is 9.03. The van der Waals surface area contributed by atoms with E-state index in [-0.39, 0.29) is 24.0 Å². The Labute approximate surface area is 202 Å². The fourth-order valence-electron chi connectivity index (χ4n) is 5.15. The number of ketones is 1. The highest BCUT2D eigenvalue weighted by atomic mass is 16.5. The number of ether oxygens (including phenoxy) is 1. The Balaban J connectivity index is 1.55. The smallest absolute Gasteiger partial charge is 0.296 e. The predicted octanol–water partition coefficient (Wildman–Crippen LogP) is 5.38. The van der Waals surface area contributed by atoms with Crippen LogP contribution in [0.1, 0.15) is 35.4 Å². The number of aliphatic hydroxyl groups excluding tert-OH is 1. The maximum Gasteiger partial charge on any atom is 0.296 e. The Kier molecular flexibility index (Phi) is 4.95. The molecule has 174 valence electrons. The standard InChI is InChI=1S/C29H23NO5/c1-17-14-20-15-19(11-12-24(20)35-17)27(31)25-26(23-10-4-7-18-6-2-3-9-22(18)23)30(29(33)28(25)32)16-21-8-5-13-34-21/h2-13,15,17,26,31H,14,16H2,1H3. The zero-order valence-electron chi connectivity index (χ0n) is 19.1. The number of amides is 1. The lowest BCUT2D eigenvalue weighted by Gasteiger charge is -2.25. The molecule has 0 spiro atoms. The molecule has 2 atom stereocenters. The number of nitrogens with zero attached hydrogens (tertiary/aromatic N) is 1. The van der Waals surface area contributed by atoms with Crippen LogP contribution in [-0.2, 0) is 22.6 Å². The first-order chi connectivity index (χ1) is 17.0. The predicted molar refractivity (Wildman–Crippen MR) is 131 cm³/mol. The van der Waals surface area contributed by atoms with Gasteiger partial charge in [-0.2, -0.15) is 0 Å². The number of furan rings is 1. The van der Waals surface area contributed by atoms with Gasteiger partial charge in [0.25, 0.3) is 11.7 Å². The summed E-state index contributed by atoms with van der Waals surface area (Å²) in [6.45, 7) is 2.10. The summed E-state index contributed by atoms with van der Waals surface area (Å²) >= 11 is 0. The molecule has 3 aromatic carbocycles. The Hall–Kier alpha value is -4.32. The third-order valence-electron chi connectivity index (χ3n) is 6.73. The molecule has 2 aliphatic heterocycles. The van der Waals surface area contributed by atoms with E-state index >= 15 is 0 Å². The number of Topliss-reactive ketones (excluding diaryl/α,β-unsaturated/α-hetero) is 1. The second-order valence-electron chi connectivity index (χ2n) is 9.03. The highest BCUT2D eigenvalue weighted by Crippen LogP contribution is 2.43. The zero-order valence-corrected chi connectivity index (χ0v) is 19.1. The number of carbonyl (C=O) groups is 2. The minimum Gasteiger partial charge on any atom is -0.507 e. The Bertz CT molecular complexity index is 1500. The van der Waals surface area contributed by atoms with Gasteiger partial charge in [-0.1, -0.05) is 42.5 Å². The quantitative estimate of drug-likeness (QED) is 0.249. The first kappa shape index (κ1) is 21.2. The van der Waals surface area contributed by atoms with Gasteiger partial charge in [0.1, 0.15) is 23.4 Å². The van der Waals surface area contributed by atoms with Crippen molar-refractivity contribution in [3.8, 4) is 5.75 Å². The van der Waals surface area contributed by atoms with E-state index in [1.165, 1.54) is 11.2 Å². The number of benzene rings is 3. The minimum atomic E-state index is -0.769. The lowest BCUT2D eigenvalue weighted by Crippen LogP contribution is -2.29. The van der Waals surface area contributed by atoms with Crippen molar-refractivity contribution in [1.82, 2.24) is 4.90 Å². The maximum absolute atomic E-state index is 13.4. The molecule has 3 heterocycles. The summed E-state index contributed by atoms with van der Waals surface area (Å²) in [5.41, 5.74) is 2.30. The van der Waals surface area contributed by atoms with Gasteiger partial charge in [0.05, 0.1) is 24.4 Å². The number of fused-ring (bicyclic) bond motifs is 2. The van der Waals surface area contributed by atoms with Gasteiger partial charge in [0.15, 0.2) is 0 Å². The minimum absolute atomic E-state index is 0.0527. The zero-order chi connectivity index (χ0) is 24.1. The van der Waals surface area contributed by atoms with E-state index < -0.39 is 17.7 Å². The number of hydrogen-bond donors (Lipinski definition) is 1. The summed E-state index contributed by atoms with van der Waals surface area (Å²) in [4.78, 5) is 28.2. The molecule has 1 N–H and O–H groups in total. The molecule has 1 amide bonds. The Morgan fingerprint density at radius 2 is 1.86 bits per heavy atom. The number of rotatable bonds is 4. The van der Waals surface area contributed by atoms with Crippen LogP contribution in [0.4, 0.5) is 0 Å². The lowest BCUT2D eigenvalue weighted by atomic mass is 9.91. The van der Waals surface area contributed by atoms with Gasteiger partial charge in [-0.15, -0.1) is 0 Å². The summed E-state index contributed by atoms with van der Waals surface area (Å²) in [5, 5.41) is 13.4. The van der Waals surface area contributed by atoms with Gasteiger partial charge in [-0.3, -0.25) is 9.59 Å². The molecule has 0 radical (unpaired) electrons. The van der Waals surface area contributed by atoms with E-state index in [1.54, 1.807) is 24.3 Å². The van der Waals surface area contributed by atoms with Gasteiger partial charge in [-0.25, -0.2) is 0 Å². The molecule has 35 heavy (non-hydrogen) atoms. The van der Waals surface area contributed by atoms with Gasteiger partial charge in [0, 0.05) is 12.0 Å². The Morgan fingerprint density at radius 1 is 1.03 bits per heavy atom. The topological polar surface area (TPSA) is 80.0 Å². The second kappa shape index (κ2) is 8.17. The van der Waals surface area contributed by atoms with Gasteiger partial charge in [0.2, 0.25) is 0 Å². The van der Waals surface area contributed by atoms with Crippen LogP contribution >= 0.6 is 0 Å². The highest BCUT2D eigenvalue weighted by molar-refractivity contribution is 6.46. The molecule has 6 nitrogen and oxygen atoms in total. The lowest BCUT2D eigenvalue weighted by molar-refractivity contribution is -0.140. The van der Waals surface area contributed by atoms with Crippen molar-refractivity contribution in [3.05, 3.63) is 107 Å². The van der Waals surface area contributed by atoms with E-state index in [0.29, 0.717) is 11.3 Å². The molecule has 1 aromatic heterocycles. The van der Waals surface area contributed by atoms with E-state index in [2.05, 4.69) is 0 Å². The number of likely N-dealkylation sites (tertiary alicyclic amines) is 1. The van der Waals surface area contributed by atoms with Crippen LogP contribution in [0.15, 0.2) is 89.0 Å². The SMILES string of the molecule is CC1Cc2cc(C(O)=C3C(=O)C(=O)N(Cc4ccco4)C3c3cccc4ccccc34)ccc2O1. The van der Waals surface area contributed by atoms with Crippen molar-refractivity contribution in [1.29, 1.82) is 0 Å².